The van der Waals surface area contributed by atoms with E-state index in [9.17, 15) is 41.5 Å². The van der Waals surface area contributed by atoms with Gasteiger partial charge in [0.15, 0.2) is 0 Å². The number of carboxylic acid groups (broad SMARTS) is 1. The van der Waals surface area contributed by atoms with Crippen molar-refractivity contribution in [3.8, 4) is 11.6 Å². The molecule has 2 heterocycles. The zero-order valence-corrected chi connectivity index (χ0v) is 28.7. The Kier molecular flexibility index (Phi) is 9.91. The Labute approximate surface area is 286 Å². The number of carbonyl (C=O) groups is 4. The van der Waals surface area contributed by atoms with Gasteiger partial charge >= 0.3 is 6.09 Å². The zero-order chi connectivity index (χ0) is 36.1. The van der Waals surface area contributed by atoms with Crippen LogP contribution in [-0.4, -0.2) is 96.3 Å². The summed E-state index contributed by atoms with van der Waals surface area (Å²) in [6.45, 7) is 4.65. The van der Waals surface area contributed by atoms with Gasteiger partial charge in [0.05, 0.1) is 25.1 Å². The molecule has 5 rings (SSSR count). The second-order valence-electron chi connectivity index (χ2n) is 13.7. The molecule has 5 atom stereocenters. The molecule has 1 aliphatic heterocycles. The van der Waals surface area contributed by atoms with Gasteiger partial charge in [-0.1, -0.05) is 32.4 Å². The maximum absolute atomic E-state index is 14.0. The van der Waals surface area contributed by atoms with Crippen LogP contribution in [0, 0.1) is 11.3 Å². The topological polar surface area (TPSA) is 193 Å². The van der Waals surface area contributed by atoms with Crippen molar-refractivity contribution in [3.63, 3.8) is 0 Å². The number of halogens is 3. The molecular weight excluding hydrogens is 692 g/mol. The zero-order valence-electron chi connectivity index (χ0n) is 27.2. The average molecular weight is 730 g/mol. The Morgan fingerprint density at radius 3 is 2.47 bits per heavy atom. The number of alkyl halides is 2. The summed E-state index contributed by atoms with van der Waals surface area (Å²) in [6, 6.07) is 2.26. The molecule has 2 aromatic rings. The lowest BCUT2D eigenvalue weighted by molar-refractivity contribution is -0.142. The Morgan fingerprint density at radius 1 is 1.18 bits per heavy atom. The lowest BCUT2D eigenvalue weighted by atomic mass is 9.85. The van der Waals surface area contributed by atoms with Gasteiger partial charge in [-0.15, -0.1) is 0 Å². The Morgan fingerprint density at radius 2 is 1.88 bits per heavy atom. The first kappa shape index (κ1) is 36.3. The maximum atomic E-state index is 14.0. The van der Waals surface area contributed by atoms with Crippen LogP contribution in [0.1, 0.15) is 52.9 Å². The molecule has 3 fully saturated rings. The molecule has 4 N–H and O–H groups in total. The molecule has 2 saturated carbocycles. The highest BCUT2D eigenvalue weighted by Crippen LogP contribution is 2.48. The minimum atomic E-state index is -4.08. The molecule has 0 spiro atoms. The van der Waals surface area contributed by atoms with Crippen LogP contribution < -0.4 is 24.8 Å². The van der Waals surface area contributed by atoms with E-state index < -0.39 is 87.0 Å². The summed E-state index contributed by atoms with van der Waals surface area (Å²) in [4.78, 5) is 58.6. The van der Waals surface area contributed by atoms with Crippen molar-refractivity contribution >= 4 is 56.2 Å². The highest BCUT2D eigenvalue weighted by Gasteiger charge is 2.63. The summed E-state index contributed by atoms with van der Waals surface area (Å²) in [6.07, 6.45) is -4.30. The van der Waals surface area contributed by atoms with Crippen LogP contribution in [0.4, 0.5) is 13.6 Å². The van der Waals surface area contributed by atoms with E-state index in [4.69, 9.17) is 21.1 Å². The smallest absolute Gasteiger partial charge is 0.405 e. The largest absolute Gasteiger partial charge is 0.494 e. The maximum Gasteiger partial charge on any atom is 0.405 e. The highest BCUT2D eigenvalue weighted by atomic mass is 35.5. The molecule has 1 saturated heterocycles. The predicted molar refractivity (Wildman–Crippen MR) is 172 cm³/mol. The molecule has 18 heteroatoms. The van der Waals surface area contributed by atoms with Gasteiger partial charge in [-0.25, -0.2) is 27.0 Å². The van der Waals surface area contributed by atoms with E-state index in [2.05, 4.69) is 15.6 Å². The standard InChI is InChI=1S/C31H38ClF2N5O9S/c1-30(2,3)24(36-29(43)44)27(41)39-14-17(48-26-20-10-16(32)5-8-19(20)22(47-4)13-35-26)11-21(39)25(40)37-31(12-15(31)9-23(33)34)28(42)38-49(45,46)18-6-7-18/h5,8,10,13,15,17-18,21,23-24,36H,6-7,9,11-12,14H2,1-4H3,(H,37,40)(H,38,42)(H,43,44)/t15-,17-,21+,24-,31-/m1/s1. The van der Waals surface area contributed by atoms with Gasteiger partial charge in [0.2, 0.25) is 34.1 Å². The number of nitrogens with zero attached hydrogens (tertiary/aromatic N) is 2. The fraction of sp³-hybridized carbons (Fsp3) is 0.581. The van der Waals surface area contributed by atoms with Crippen molar-refractivity contribution in [2.45, 2.75) is 88.3 Å². The van der Waals surface area contributed by atoms with Crippen molar-refractivity contribution in [2.75, 3.05) is 13.7 Å². The fourth-order valence-corrected chi connectivity index (χ4v) is 7.73. The van der Waals surface area contributed by atoms with Crippen LogP contribution in [0.2, 0.25) is 5.02 Å². The van der Waals surface area contributed by atoms with Gasteiger partial charge in [0, 0.05) is 28.6 Å². The van der Waals surface area contributed by atoms with Crippen LogP contribution in [0.15, 0.2) is 24.4 Å². The van der Waals surface area contributed by atoms with Crippen LogP contribution in [0.5, 0.6) is 11.6 Å². The number of likely N-dealkylation sites (tertiary alicyclic amines) is 1. The second kappa shape index (κ2) is 13.4. The van der Waals surface area contributed by atoms with Crippen LogP contribution in [0.25, 0.3) is 10.8 Å². The van der Waals surface area contributed by atoms with Gasteiger partial charge in [0.25, 0.3) is 5.91 Å². The normalized spacial score (nSPS) is 24.3. The van der Waals surface area contributed by atoms with E-state index in [1.807, 2.05) is 4.72 Å². The third-order valence-electron chi connectivity index (χ3n) is 9.02. The number of aromatic nitrogens is 1. The number of ether oxygens (including phenoxy) is 2. The van der Waals surface area contributed by atoms with Crippen LogP contribution in [0.3, 0.4) is 0 Å². The molecule has 49 heavy (non-hydrogen) atoms. The fourth-order valence-electron chi connectivity index (χ4n) is 6.19. The van der Waals surface area contributed by atoms with Crippen molar-refractivity contribution < 1.29 is 51.0 Å². The quantitative estimate of drug-likeness (QED) is 0.252. The van der Waals surface area contributed by atoms with Crippen molar-refractivity contribution in [1.29, 1.82) is 0 Å². The number of hydrogen-bond donors (Lipinski definition) is 4. The summed E-state index contributed by atoms with van der Waals surface area (Å²) >= 11 is 6.25. The Bertz CT molecular complexity index is 1770. The van der Waals surface area contributed by atoms with E-state index in [1.165, 1.54) is 13.3 Å². The van der Waals surface area contributed by atoms with Gasteiger partial charge < -0.3 is 30.1 Å². The van der Waals surface area contributed by atoms with Crippen LogP contribution >= 0.6 is 11.6 Å². The summed E-state index contributed by atoms with van der Waals surface area (Å²) in [5.41, 5.74) is -2.92. The molecule has 0 unspecified atom stereocenters. The number of fused-ring (bicyclic) bond motifs is 1. The highest BCUT2D eigenvalue weighted by molar-refractivity contribution is 7.91. The van der Waals surface area contributed by atoms with E-state index in [1.54, 1.807) is 39.0 Å². The number of nitrogens with one attached hydrogen (secondary N) is 3. The number of amides is 4. The molecule has 3 aliphatic rings. The third kappa shape index (κ3) is 7.77. The minimum absolute atomic E-state index is 0.105. The first-order valence-corrected chi connectivity index (χ1v) is 17.5. The summed E-state index contributed by atoms with van der Waals surface area (Å²) < 4.78 is 65.6. The number of benzene rings is 1. The van der Waals surface area contributed by atoms with E-state index in [0.717, 1.165) is 4.90 Å². The monoisotopic (exact) mass is 729 g/mol. The molecule has 0 bridgehead atoms. The molecular formula is C31H38ClF2N5O9S. The SMILES string of the molecule is COc1cnc(O[C@@H]2C[C@@H](C(=O)N[C@]3(C(=O)NS(=O)(=O)C4CC4)C[C@H]3CC(F)F)N(C(=O)[C@@H](NC(=O)O)C(C)(C)C)C2)c2cc(Cl)ccc12. The number of sulfonamides is 1. The van der Waals surface area contributed by atoms with Crippen molar-refractivity contribution in [3.05, 3.63) is 29.4 Å². The second-order valence-corrected chi connectivity index (χ2v) is 16.1. The molecule has 2 aliphatic carbocycles. The van der Waals surface area contributed by atoms with E-state index in [0.29, 0.717) is 34.4 Å². The number of methoxy groups -OCH3 is 1. The first-order chi connectivity index (χ1) is 22.9. The lowest BCUT2D eigenvalue weighted by Gasteiger charge is -2.35. The Hall–Kier alpha value is -3.99. The van der Waals surface area contributed by atoms with Crippen molar-refractivity contribution in [1.82, 2.24) is 25.2 Å². The molecule has 0 radical (unpaired) electrons. The lowest BCUT2D eigenvalue weighted by Crippen LogP contribution is -2.60. The molecule has 14 nitrogen and oxygen atoms in total. The van der Waals surface area contributed by atoms with Crippen LogP contribution in [-0.2, 0) is 24.4 Å². The van der Waals surface area contributed by atoms with E-state index >= 15 is 0 Å². The van der Waals surface area contributed by atoms with Gasteiger partial charge in [-0.05, 0) is 48.8 Å². The Balaban J connectivity index is 1.46. The number of carbonyl (C=O) groups excluding carboxylic acids is 3. The summed E-state index contributed by atoms with van der Waals surface area (Å²) in [5, 5.41) is 14.9. The molecule has 268 valence electrons. The number of rotatable bonds is 12. The predicted octanol–water partition coefficient (Wildman–Crippen LogP) is 3.07. The van der Waals surface area contributed by atoms with Gasteiger partial charge in [-0.3, -0.25) is 19.1 Å². The first-order valence-electron chi connectivity index (χ1n) is 15.6. The molecule has 4 amide bonds. The molecule has 1 aromatic carbocycles. The van der Waals surface area contributed by atoms with Gasteiger partial charge in [-0.2, -0.15) is 0 Å². The van der Waals surface area contributed by atoms with E-state index in [-0.39, 0.29) is 25.3 Å². The minimum Gasteiger partial charge on any atom is -0.494 e. The van der Waals surface area contributed by atoms with Gasteiger partial charge in [0.1, 0.15) is 29.5 Å². The number of hydrogen-bond acceptors (Lipinski definition) is 9. The molecule has 1 aromatic heterocycles. The third-order valence-corrected chi connectivity index (χ3v) is 11.1. The van der Waals surface area contributed by atoms with Crippen molar-refractivity contribution in [2.24, 2.45) is 11.3 Å². The number of pyridine rings is 1. The average Bonchev–Trinajstić information content (AvgIpc) is 3.92. The summed E-state index contributed by atoms with van der Waals surface area (Å²) in [7, 11) is -2.62. The summed E-state index contributed by atoms with van der Waals surface area (Å²) in [5.74, 6) is -3.36.